The van der Waals surface area contributed by atoms with Gasteiger partial charge < -0.3 is 9.32 Å². The molecule has 0 spiro atoms. The fourth-order valence-corrected chi connectivity index (χ4v) is 4.81. The molecule has 0 saturated carbocycles. The second kappa shape index (κ2) is 7.57. The molecule has 7 heteroatoms. The Kier molecular flexibility index (Phi) is 5.07. The van der Waals surface area contributed by atoms with Crippen molar-refractivity contribution in [2.24, 2.45) is 0 Å². The fourth-order valence-electron chi connectivity index (χ4n) is 3.54. The maximum Gasteiger partial charge on any atom is 0.349 e. The Morgan fingerprint density at radius 1 is 1.10 bits per heavy atom. The SMILES string of the molecule is CC(C)c1ccc(N(C(=O)c2cc3ccccc3oc2=O)[C@H]2C=CS(=O)(=O)C2)cc1. The average Bonchev–Trinajstić information content (AvgIpc) is 3.07. The molecule has 1 aromatic heterocycles. The maximum atomic E-state index is 13.5. The minimum absolute atomic E-state index is 0.140. The monoisotopic (exact) mass is 423 g/mol. The standard InChI is InChI=1S/C23H21NO5S/c1-15(2)16-7-9-18(10-8-16)24(19-11-12-30(27,28)14-19)22(25)20-13-17-5-3-4-6-21(17)29-23(20)26/h3-13,15,19H,14H2,1-2H3/t19-/m0/s1. The molecule has 2 aromatic carbocycles. The first-order valence-corrected chi connectivity index (χ1v) is 11.3. The van der Waals surface area contributed by atoms with Crippen molar-refractivity contribution in [2.75, 3.05) is 10.7 Å². The van der Waals surface area contributed by atoms with E-state index in [0.717, 1.165) is 11.0 Å². The molecule has 0 unspecified atom stereocenters. The van der Waals surface area contributed by atoms with E-state index >= 15 is 0 Å². The van der Waals surface area contributed by atoms with Gasteiger partial charge in [-0.05, 0) is 41.8 Å². The third-order valence-corrected chi connectivity index (χ3v) is 6.55. The number of hydrogen-bond acceptors (Lipinski definition) is 5. The van der Waals surface area contributed by atoms with Crippen LogP contribution in [-0.2, 0) is 9.84 Å². The Bertz CT molecular complexity index is 1300. The quantitative estimate of drug-likeness (QED) is 0.595. The van der Waals surface area contributed by atoms with E-state index in [9.17, 15) is 18.0 Å². The Balaban J connectivity index is 1.81. The highest BCUT2D eigenvalue weighted by atomic mass is 32.2. The lowest BCUT2D eigenvalue weighted by atomic mass is 10.0. The summed E-state index contributed by atoms with van der Waals surface area (Å²) in [4.78, 5) is 27.4. The number of fused-ring (bicyclic) bond motifs is 1. The molecule has 3 aromatic rings. The van der Waals surface area contributed by atoms with Gasteiger partial charge in [-0.15, -0.1) is 0 Å². The van der Waals surface area contributed by atoms with Crippen LogP contribution >= 0.6 is 0 Å². The first kappa shape index (κ1) is 20.1. The molecule has 1 atom stereocenters. The maximum absolute atomic E-state index is 13.5. The molecule has 4 rings (SSSR count). The van der Waals surface area contributed by atoms with E-state index < -0.39 is 27.4 Å². The van der Waals surface area contributed by atoms with Gasteiger partial charge in [0.2, 0.25) is 0 Å². The molecule has 0 fully saturated rings. The van der Waals surface area contributed by atoms with E-state index in [0.29, 0.717) is 22.6 Å². The summed E-state index contributed by atoms with van der Waals surface area (Å²) in [7, 11) is -3.41. The lowest BCUT2D eigenvalue weighted by molar-refractivity contribution is 0.0979. The fraction of sp³-hybridized carbons (Fsp3) is 0.217. The molecule has 0 saturated heterocycles. The van der Waals surface area contributed by atoms with Gasteiger partial charge in [0.1, 0.15) is 11.1 Å². The number of anilines is 1. The first-order valence-electron chi connectivity index (χ1n) is 9.62. The van der Waals surface area contributed by atoms with Crippen LogP contribution in [-0.4, -0.2) is 26.1 Å². The van der Waals surface area contributed by atoms with Crippen LogP contribution in [0.15, 0.2) is 75.3 Å². The summed E-state index contributed by atoms with van der Waals surface area (Å²) in [6, 6.07) is 15.0. The number of amides is 1. The molecular weight excluding hydrogens is 402 g/mol. The Morgan fingerprint density at radius 2 is 1.80 bits per heavy atom. The van der Waals surface area contributed by atoms with Crippen molar-refractivity contribution in [2.45, 2.75) is 25.8 Å². The minimum atomic E-state index is -3.41. The predicted molar refractivity (Wildman–Crippen MR) is 117 cm³/mol. The van der Waals surface area contributed by atoms with Gasteiger partial charge in [-0.3, -0.25) is 4.79 Å². The molecule has 0 aliphatic carbocycles. The van der Waals surface area contributed by atoms with Crippen LogP contribution < -0.4 is 10.5 Å². The summed E-state index contributed by atoms with van der Waals surface area (Å²) < 4.78 is 29.3. The molecule has 1 aliphatic heterocycles. The van der Waals surface area contributed by atoms with Crippen LogP contribution in [0.1, 0.15) is 35.7 Å². The van der Waals surface area contributed by atoms with E-state index in [2.05, 4.69) is 13.8 Å². The number of carbonyl (C=O) groups is 1. The average molecular weight is 423 g/mol. The summed E-state index contributed by atoms with van der Waals surface area (Å²) in [6.45, 7) is 4.12. The summed E-state index contributed by atoms with van der Waals surface area (Å²) in [5, 5.41) is 1.73. The number of hydrogen-bond donors (Lipinski definition) is 0. The highest BCUT2D eigenvalue weighted by Gasteiger charge is 2.33. The van der Waals surface area contributed by atoms with E-state index in [-0.39, 0.29) is 11.3 Å². The number of rotatable bonds is 4. The lowest BCUT2D eigenvalue weighted by Gasteiger charge is -2.27. The number of para-hydroxylation sites is 1. The molecule has 30 heavy (non-hydrogen) atoms. The van der Waals surface area contributed by atoms with Gasteiger partial charge in [0.25, 0.3) is 5.91 Å². The number of nitrogens with zero attached hydrogens (tertiary/aromatic N) is 1. The topological polar surface area (TPSA) is 84.7 Å². The lowest BCUT2D eigenvalue weighted by Crippen LogP contribution is -2.42. The zero-order valence-electron chi connectivity index (χ0n) is 16.6. The minimum Gasteiger partial charge on any atom is -0.422 e. The highest BCUT2D eigenvalue weighted by Crippen LogP contribution is 2.27. The molecule has 0 N–H and O–H groups in total. The van der Waals surface area contributed by atoms with Crippen LogP contribution in [0.2, 0.25) is 0 Å². The van der Waals surface area contributed by atoms with E-state index in [1.807, 2.05) is 12.1 Å². The van der Waals surface area contributed by atoms with Crippen LogP contribution in [0.25, 0.3) is 11.0 Å². The molecule has 1 amide bonds. The summed E-state index contributed by atoms with van der Waals surface area (Å²) in [5.74, 6) is -0.523. The van der Waals surface area contributed by atoms with Crippen LogP contribution in [0.5, 0.6) is 0 Å². The summed E-state index contributed by atoms with van der Waals surface area (Å²) in [6.07, 6.45) is 1.48. The normalized spacial score (nSPS) is 17.5. The zero-order chi connectivity index (χ0) is 21.5. The third kappa shape index (κ3) is 3.80. The molecule has 6 nitrogen and oxygen atoms in total. The van der Waals surface area contributed by atoms with Gasteiger partial charge in [-0.1, -0.05) is 44.2 Å². The molecule has 1 aliphatic rings. The van der Waals surface area contributed by atoms with Gasteiger partial charge in [0.15, 0.2) is 9.84 Å². The van der Waals surface area contributed by atoms with Gasteiger partial charge in [0.05, 0.1) is 11.8 Å². The van der Waals surface area contributed by atoms with Crippen LogP contribution in [0.3, 0.4) is 0 Å². The summed E-state index contributed by atoms with van der Waals surface area (Å²) >= 11 is 0. The Hall–Kier alpha value is -3.19. The van der Waals surface area contributed by atoms with Gasteiger partial charge in [-0.25, -0.2) is 13.2 Å². The van der Waals surface area contributed by atoms with Gasteiger partial charge in [0, 0.05) is 16.5 Å². The van der Waals surface area contributed by atoms with Crippen molar-refractivity contribution >= 4 is 32.4 Å². The molecule has 154 valence electrons. The van der Waals surface area contributed by atoms with Crippen molar-refractivity contribution in [1.82, 2.24) is 0 Å². The van der Waals surface area contributed by atoms with Crippen LogP contribution in [0.4, 0.5) is 5.69 Å². The number of benzene rings is 2. The van der Waals surface area contributed by atoms with Crippen molar-refractivity contribution in [3.05, 3.63) is 87.6 Å². The van der Waals surface area contributed by atoms with Gasteiger partial charge in [-0.2, -0.15) is 0 Å². The molecule has 0 radical (unpaired) electrons. The number of carbonyl (C=O) groups excluding carboxylic acids is 1. The number of sulfone groups is 1. The largest absolute Gasteiger partial charge is 0.422 e. The van der Waals surface area contributed by atoms with E-state index in [1.54, 1.807) is 36.4 Å². The molecular formula is C23H21NO5S. The van der Waals surface area contributed by atoms with E-state index in [1.165, 1.54) is 17.0 Å². The Morgan fingerprint density at radius 3 is 2.43 bits per heavy atom. The van der Waals surface area contributed by atoms with Crippen molar-refractivity contribution in [3.63, 3.8) is 0 Å². The zero-order valence-corrected chi connectivity index (χ0v) is 17.4. The smallest absolute Gasteiger partial charge is 0.349 e. The van der Waals surface area contributed by atoms with Crippen molar-refractivity contribution in [3.8, 4) is 0 Å². The van der Waals surface area contributed by atoms with E-state index in [4.69, 9.17) is 4.42 Å². The first-order chi connectivity index (χ1) is 14.2. The second-order valence-corrected chi connectivity index (χ2v) is 9.56. The van der Waals surface area contributed by atoms with Crippen molar-refractivity contribution < 1.29 is 17.6 Å². The van der Waals surface area contributed by atoms with Crippen LogP contribution in [0, 0.1) is 0 Å². The summed E-state index contributed by atoms with van der Waals surface area (Å²) in [5.41, 5.74) is 1.09. The van der Waals surface area contributed by atoms with Gasteiger partial charge >= 0.3 is 5.63 Å². The van der Waals surface area contributed by atoms with Crippen molar-refractivity contribution in [1.29, 1.82) is 0 Å². The third-order valence-electron chi connectivity index (χ3n) is 5.17. The second-order valence-electron chi connectivity index (χ2n) is 7.63. The highest BCUT2D eigenvalue weighted by molar-refractivity contribution is 7.94. The Labute approximate surface area is 174 Å². The predicted octanol–water partition coefficient (Wildman–Crippen LogP) is 3.87. The molecule has 2 heterocycles. The molecule has 0 bridgehead atoms.